The van der Waals surface area contributed by atoms with E-state index in [0.717, 1.165) is 52.6 Å². The Morgan fingerprint density at radius 3 is 2.47 bits per heavy atom. The van der Waals surface area contributed by atoms with Crippen LogP contribution in [0.3, 0.4) is 0 Å². The number of aryl methyl sites for hydroxylation is 1. The number of nitrogens with zero attached hydrogens (tertiary/aromatic N) is 2. The quantitative estimate of drug-likeness (QED) is 0.268. The van der Waals surface area contributed by atoms with Crippen molar-refractivity contribution in [3.63, 3.8) is 0 Å². The highest BCUT2D eigenvalue weighted by Gasteiger charge is 2.23. The van der Waals surface area contributed by atoms with Crippen molar-refractivity contribution in [2.24, 2.45) is 0 Å². The van der Waals surface area contributed by atoms with Crippen LogP contribution in [-0.2, 0) is 13.0 Å². The monoisotopic (exact) mass is 451 g/mol. The van der Waals surface area contributed by atoms with Crippen molar-refractivity contribution in [3.05, 3.63) is 81.9 Å². The molecule has 0 saturated heterocycles. The van der Waals surface area contributed by atoms with Gasteiger partial charge in [-0.1, -0.05) is 12.1 Å². The van der Waals surface area contributed by atoms with Crippen LogP contribution in [-0.4, -0.2) is 25.6 Å². The van der Waals surface area contributed by atoms with Crippen molar-refractivity contribution in [1.29, 1.82) is 0 Å². The minimum atomic E-state index is -0.326. The van der Waals surface area contributed by atoms with Crippen LogP contribution in [0.5, 0.6) is 11.5 Å². The predicted octanol–water partition coefficient (Wildman–Crippen LogP) is 5.68. The van der Waals surface area contributed by atoms with E-state index >= 15 is 0 Å². The summed E-state index contributed by atoms with van der Waals surface area (Å²) >= 11 is 1.30. The lowest BCUT2D eigenvalue weighted by Gasteiger charge is -2.31. The fourth-order valence-corrected chi connectivity index (χ4v) is 4.36. The number of nitrogens with one attached hydrogen (secondary N) is 1. The van der Waals surface area contributed by atoms with Gasteiger partial charge >= 0.3 is 0 Å². The third kappa shape index (κ3) is 4.91. The molecule has 0 spiro atoms. The molecule has 1 aliphatic rings. The number of methoxy groups -OCH3 is 1. The third-order valence-electron chi connectivity index (χ3n) is 5.47. The molecule has 0 aromatic heterocycles. The molecule has 3 aromatic carbocycles. The zero-order valence-electron chi connectivity index (χ0n) is 18.0. The SMILES string of the molecule is CNc1cc2c(cc1[N+](=O)[O-])N(Cc1ccc(SOc3ccc(OC)cc3)cc1)CCC2. The minimum Gasteiger partial charge on any atom is -0.497 e. The van der Waals surface area contributed by atoms with Crippen LogP contribution in [0.1, 0.15) is 17.5 Å². The zero-order valence-corrected chi connectivity index (χ0v) is 18.9. The van der Waals surface area contributed by atoms with Gasteiger partial charge in [0.25, 0.3) is 5.69 Å². The van der Waals surface area contributed by atoms with Gasteiger partial charge in [0.2, 0.25) is 0 Å². The van der Waals surface area contributed by atoms with Gasteiger partial charge in [-0.25, -0.2) is 0 Å². The summed E-state index contributed by atoms with van der Waals surface area (Å²) in [6.07, 6.45) is 1.95. The Labute approximate surface area is 191 Å². The molecule has 0 fully saturated rings. The van der Waals surface area contributed by atoms with E-state index in [1.165, 1.54) is 12.0 Å². The second-order valence-electron chi connectivity index (χ2n) is 7.52. The number of nitro groups is 1. The number of fused-ring (bicyclic) bond motifs is 1. The van der Waals surface area contributed by atoms with Gasteiger partial charge in [0, 0.05) is 36.8 Å². The molecule has 1 aliphatic heterocycles. The van der Waals surface area contributed by atoms with Crippen molar-refractivity contribution in [3.8, 4) is 11.5 Å². The molecule has 0 unspecified atom stereocenters. The van der Waals surface area contributed by atoms with Crippen LogP contribution in [0.2, 0.25) is 0 Å². The van der Waals surface area contributed by atoms with E-state index in [2.05, 4.69) is 22.3 Å². The Morgan fingerprint density at radius 2 is 1.81 bits per heavy atom. The second-order valence-corrected chi connectivity index (χ2v) is 8.32. The van der Waals surface area contributed by atoms with E-state index in [9.17, 15) is 10.1 Å². The second kappa shape index (κ2) is 9.82. The number of anilines is 2. The molecule has 3 aromatic rings. The Morgan fingerprint density at radius 1 is 1.09 bits per heavy atom. The normalized spacial score (nSPS) is 12.8. The summed E-state index contributed by atoms with van der Waals surface area (Å²) in [7, 11) is 3.35. The summed E-state index contributed by atoms with van der Waals surface area (Å²) in [6, 6.07) is 19.3. The zero-order chi connectivity index (χ0) is 22.5. The molecule has 0 bridgehead atoms. The third-order valence-corrected chi connectivity index (χ3v) is 6.21. The van der Waals surface area contributed by atoms with Crippen LogP contribution < -0.4 is 19.1 Å². The lowest BCUT2D eigenvalue weighted by Crippen LogP contribution is -2.29. The van der Waals surface area contributed by atoms with E-state index in [0.29, 0.717) is 12.2 Å². The fraction of sp³-hybridized carbons (Fsp3) is 0.250. The Hall–Kier alpha value is -3.39. The summed E-state index contributed by atoms with van der Waals surface area (Å²) in [6.45, 7) is 1.58. The molecule has 32 heavy (non-hydrogen) atoms. The smallest absolute Gasteiger partial charge is 0.294 e. The largest absolute Gasteiger partial charge is 0.497 e. The number of benzene rings is 3. The molecule has 0 atom stereocenters. The molecule has 0 radical (unpaired) electrons. The van der Waals surface area contributed by atoms with E-state index in [1.54, 1.807) is 20.2 Å². The number of rotatable bonds is 8. The summed E-state index contributed by atoms with van der Waals surface area (Å²) in [5, 5.41) is 14.4. The van der Waals surface area contributed by atoms with Crippen molar-refractivity contribution < 1.29 is 13.8 Å². The van der Waals surface area contributed by atoms with Crippen LogP contribution in [0.4, 0.5) is 17.1 Å². The highest BCUT2D eigenvalue weighted by Crippen LogP contribution is 2.37. The van der Waals surface area contributed by atoms with Gasteiger partial charge in [-0.05, 0) is 66.4 Å². The first-order chi connectivity index (χ1) is 15.6. The number of nitro benzene ring substituents is 1. The fourth-order valence-electron chi connectivity index (χ4n) is 3.81. The molecular formula is C24H25N3O4S. The van der Waals surface area contributed by atoms with Gasteiger partial charge in [0.15, 0.2) is 0 Å². The molecule has 7 nitrogen and oxygen atoms in total. The average molecular weight is 452 g/mol. The highest BCUT2D eigenvalue weighted by atomic mass is 32.2. The molecule has 0 aliphatic carbocycles. The van der Waals surface area contributed by atoms with Crippen LogP contribution in [0.15, 0.2) is 65.6 Å². The first-order valence-corrected chi connectivity index (χ1v) is 11.1. The van der Waals surface area contributed by atoms with Crippen molar-refractivity contribution in [1.82, 2.24) is 0 Å². The van der Waals surface area contributed by atoms with Crippen LogP contribution in [0, 0.1) is 10.1 Å². The van der Waals surface area contributed by atoms with E-state index in [-0.39, 0.29) is 10.6 Å². The Bertz CT molecular complexity index is 1090. The van der Waals surface area contributed by atoms with Crippen LogP contribution in [0.25, 0.3) is 0 Å². The Kier molecular flexibility index (Phi) is 6.70. The molecule has 1 N–H and O–H groups in total. The lowest BCUT2D eigenvalue weighted by molar-refractivity contribution is -0.383. The molecule has 1 heterocycles. The van der Waals surface area contributed by atoms with Gasteiger partial charge in [-0.3, -0.25) is 10.1 Å². The predicted molar refractivity (Wildman–Crippen MR) is 128 cm³/mol. The van der Waals surface area contributed by atoms with Gasteiger partial charge in [-0.2, -0.15) is 0 Å². The maximum atomic E-state index is 11.5. The number of hydrogen-bond donors (Lipinski definition) is 1. The van der Waals surface area contributed by atoms with Crippen molar-refractivity contribution in [2.45, 2.75) is 24.3 Å². The topological polar surface area (TPSA) is 76.9 Å². The summed E-state index contributed by atoms with van der Waals surface area (Å²) < 4.78 is 10.9. The van der Waals surface area contributed by atoms with Gasteiger partial charge < -0.3 is 19.1 Å². The van der Waals surface area contributed by atoms with E-state index < -0.39 is 0 Å². The molecule has 4 rings (SSSR count). The van der Waals surface area contributed by atoms with Gasteiger partial charge in [-0.15, -0.1) is 0 Å². The summed E-state index contributed by atoms with van der Waals surface area (Å²) in [4.78, 5) is 14.4. The van der Waals surface area contributed by atoms with Gasteiger partial charge in [0.1, 0.15) is 17.2 Å². The average Bonchev–Trinajstić information content (AvgIpc) is 2.83. The lowest BCUT2D eigenvalue weighted by atomic mass is 9.99. The highest BCUT2D eigenvalue weighted by molar-refractivity contribution is 7.95. The Balaban J connectivity index is 1.44. The van der Waals surface area contributed by atoms with E-state index in [1.807, 2.05) is 42.5 Å². The van der Waals surface area contributed by atoms with Gasteiger partial charge in [0.05, 0.1) is 24.1 Å². The molecule has 8 heteroatoms. The first-order valence-electron chi connectivity index (χ1n) is 10.4. The maximum Gasteiger partial charge on any atom is 0.294 e. The molecule has 0 saturated carbocycles. The van der Waals surface area contributed by atoms with Crippen molar-refractivity contribution in [2.75, 3.05) is 30.9 Å². The molecule has 0 amide bonds. The number of hydrogen-bond acceptors (Lipinski definition) is 7. The van der Waals surface area contributed by atoms with E-state index in [4.69, 9.17) is 8.92 Å². The minimum absolute atomic E-state index is 0.112. The first kappa shape index (κ1) is 21.8. The standard InChI is InChI=1S/C24H25N3O4S/c1-25-22-14-18-4-3-13-26(23(18)15-24(22)27(28)29)16-17-5-11-21(12-6-17)32-31-20-9-7-19(30-2)8-10-20/h5-12,14-15,25H,3-4,13,16H2,1-2H3. The van der Waals surface area contributed by atoms with Crippen LogP contribution >= 0.6 is 12.0 Å². The molecule has 166 valence electrons. The number of ether oxygens (including phenoxy) is 1. The maximum absolute atomic E-state index is 11.5. The molecular weight excluding hydrogens is 426 g/mol. The summed E-state index contributed by atoms with van der Waals surface area (Å²) in [5.41, 5.74) is 3.91. The summed E-state index contributed by atoms with van der Waals surface area (Å²) in [5.74, 6) is 1.55. The van der Waals surface area contributed by atoms with Crippen molar-refractivity contribution >= 4 is 29.1 Å².